The maximum atomic E-state index is 12.7. The molecule has 0 N–H and O–H groups in total. The fraction of sp³-hybridized carbons (Fsp3) is 0.273. The number of rotatable bonds is 6. The number of hydrogen-bond acceptors (Lipinski definition) is 6. The summed E-state index contributed by atoms with van der Waals surface area (Å²) in [6, 6.07) is 14.8. The van der Waals surface area contributed by atoms with E-state index in [1.165, 1.54) is 0 Å². The third-order valence-corrected chi connectivity index (χ3v) is 6.05. The molecule has 6 nitrogen and oxygen atoms in total. The highest BCUT2D eigenvalue weighted by Crippen LogP contribution is 2.28. The van der Waals surface area contributed by atoms with Crippen LogP contribution in [0, 0.1) is 6.92 Å². The molecule has 0 amide bonds. The van der Waals surface area contributed by atoms with Gasteiger partial charge in [0.2, 0.25) is 0 Å². The van der Waals surface area contributed by atoms with E-state index in [0.717, 1.165) is 17.3 Å². The fourth-order valence-corrected chi connectivity index (χ4v) is 4.44. The SMILES string of the molecule is Cc1nc2ccccc2c(=O)n1CCOc1ccc(CC2SC(=O)CC2=O)cc1. The predicted octanol–water partition coefficient (Wildman–Crippen LogP) is 2.93. The predicted molar refractivity (Wildman–Crippen MR) is 112 cm³/mol. The Labute approximate surface area is 171 Å². The van der Waals surface area contributed by atoms with Crippen LogP contribution in [0.1, 0.15) is 17.8 Å². The first kappa shape index (κ1) is 19.4. The van der Waals surface area contributed by atoms with Crippen LogP contribution < -0.4 is 10.3 Å². The maximum Gasteiger partial charge on any atom is 0.261 e. The summed E-state index contributed by atoms with van der Waals surface area (Å²) in [5, 5.41) is 0.276. The second-order valence-corrected chi connectivity index (χ2v) is 8.21. The van der Waals surface area contributed by atoms with Gasteiger partial charge in [-0.1, -0.05) is 36.0 Å². The van der Waals surface area contributed by atoms with Gasteiger partial charge in [-0.25, -0.2) is 4.98 Å². The van der Waals surface area contributed by atoms with Gasteiger partial charge in [0.05, 0.1) is 29.1 Å². The highest BCUT2D eigenvalue weighted by Gasteiger charge is 2.31. The van der Waals surface area contributed by atoms with Gasteiger partial charge in [0.1, 0.15) is 18.2 Å². The number of ketones is 1. The lowest BCUT2D eigenvalue weighted by Crippen LogP contribution is -2.26. The molecule has 0 spiro atoms. The van der Waals surface area contributed by atoms with Crippen LogP contribution in [0.3, 0.4) is 0 Å². The van der Waals surface area contributed by atoms with E-state index in [2.05, 4.69) is 4.98 Å². The van der Waals surface area contributed by atoms with Gasteiger partial charge < -0.3 is 4.74 Å². The average Bonchev–Trinajstić information content (AvgIpc) is 3.02. The number of thioether (sulfide) groups is 1. The van der Waals surface area contributed by atoms with Crippen LogP contribution in [-0.2, 0) is 22.6 Å². The van der Waals surface area contributed by atoms with E-state index >= 15 is 0 Å². The van der Waals surface area contributed by atoms with Crippen molar-refractivity contribution in [1.29, 1.82) is 0 Å². The molecule has 1 atom stereocenters. The van der Waals surface area contributed by atoms with E-state index in [9.17, 15) is 14.4 Å². The van der Waals surface area contributed by atoms with Crippen molar-refractivity contribution >= 4 is 33.6 Å². The second-order valence-electron chi connectivity index (χ2n) is 6.95. The van der Waals surface area contributed by atoms with Gasteiger partial charge in [0.25, 0.3) is 5.56 Å². The molecule has 1 aliphatic rings. The highest BCUT2D eigenvalue weighted by molar-refractivity contribution is 8.15. The minimum Gasteiger partial charge on any atom is -0.492 e. The Bertz CT molecular complexity index is 1140. The molecule has 0 saturated carbocycles. The van der Waals surface area contributed by atoms with Gasteiger partial charge in [0, 0.05) is 0 Å². The molecule has 1 fully saturated rings. The van der Waals surface area contributed by atoms with Crippen LogP contribution >= 0.6 is 11.8 Å². The number of para-hydroxylation sites is 1. The van der Waals surface area contributed by atoms with Crippen molar-refractivity contribution < 1.29 is 14.3 Å². The third-order valence-electron chi connectivity index (χ3n) is 4.93. The summed E-state index contributed by atoms with van der Waals surface area (Å²) in [6.07, 6.45) is 0.589. The summed E-state index contributed by atoms with van der Waals surface area (Å²) in [5.41, 5.74) is 1.62. The third kappa shape index (κ3) is 4.24. The van der Waals surface area contributed by atoms with Crippen molar-refractivity contribution in [1.82, 2.24) is 9.55 Å². The minimum absolute atomic E-state index is 0.00475. The number of nitrogens with zero attached hydrogens (tertiary/aromatic N) is 2. The van der Waals surface area contributed by atoms with E-state index in [-0.39, 0.29) is 28.1 Å². The molecule has 148 valence electrons. The molecule has 1 saturated heterocycles. The number of ether oxygens (including phenoxy) is 1. The monoisotopic (exact) mass is 408 g/mol. The molecular formula is C22H20N2O4S. The van der Waals surface area contributed by atoms with Crippen molar-refractivity contribution in [2.45, 2.75) is 31.6 Å². The first-order valence-corrected chi connectivity index (χ1v) is 10.3. The Kier molecular flexibility index (Phi) is 5.49. The molecular weight excluding hydrogens is 388 g/mol. The van der Waals surface area contributed by atoms with Crippen LogP contribution in [0.5, 0.6) is 5.75 Å². The van der Waals surface area contributed by atoms with E-state index in [1.807, 2.05) is 49.4 Å². The molecule has 1 aromatic heterocycles. The van der Waals surface area contributed by atoms with Crippen molar-refractivity contribution in [2.75, 3.05) is 6.61 Å². The summed E-state index contributed by atoms with van der Waals surface area (Å²) in [7, 11) is 0. The molecule has 29 heavy (non-hydrogen) atoms. The zero-order chi connectivity index (χ0) is 20.4. The van der Waals surface area contributed by atoms with Gasteiger partial charge in [-0.3, -0.25) is 19.0 Å². The molecule has 0 bridgehead atoms. The first-order valence-electron chi connectivity index (χ1n) is 9.41. The van der Waals surface area contributed by atoms with E-state index in [0.29, 0.717) is 42.0 Å². The van der Waals surface area contributed by atoms with Gasteiger partial charge in [-0.05, 0) is 43.2 Å². The fourth-order valence-electron chi connectivity index (χ4n) is 3.41. The number of hydrogen-bond donors (Lipinski definition) is 0. The second kappa shape index (κ2) is 8.21. The van der Waals surface area contributed by atoms with Crippen molar-refractivity contribution in [3.63, 3.8) is 0 Å². The summed E-state index contributed by atoms with van der Waals surface area (Å²) in [6.45, 7) is 2.56. The molecule has 3 aromatic rings. The van der Waals surface area contributed by atoms with Crippen LogP contribution in [0.15, 0.2) is 53.3 Å². The van der Waals surface area contributed by atoms with E-state index < -0.39 is 0 Å². The average molecular weight is 408 g/mol. The molecule has 2 heterocycles. The molecule has 1 aliphatic heterocycles. The van der Waals surface area contributed by atoms with Crippen molar-refractivity contribution in [2.24, 2.45) is 0 Å². The number of aromatic nitrogens is 2. The molecule has 0 aliphatic carbocycles. The summed E-state index contributed by atoms with van der Waals surface area (Å²) in [5.74, 6) is 1.35. The number of Topliss-reactive ketones (excluding diaryl/α,β-unsaturated/α-hetero) is 1. The van der Waals surface area contributed by atoms with Gasteiger partial charge in [0.15, 0.2) is 10.9 Å². The Morgan fingerprint density at radius 3 is 2.59 bits per heavy atom. The number of carbonyl (C=O) groups is 2. The Morgan fingerprint density at radius 2 is 1.86 bits per heavy atom. The van der Waals surface area contributed by atoms with Crippen LogP contribution in [-0.4, -0.2) is 32.3 Å². The quantitative estimate of drug-likeness (QED) is 0.584. The van der Waals surface area contributed by atoms with Gasteiger partial charge in [-0.2, -0.15) is 0 Å². The Balaban J connectivity index is 1.38. The summed E-state index contributed by atoms with van der Waals surface area (Å²) in [4.78, 5) is 40.3. The Morgan fingerprint density at radius 1 is 1.10 bits per heavy atom. The van der Waals surface area contributed by atoms with Gasteiger partial charge in [-0.15, -0.1) is 0 Å². The van der Waals surface area contributed by atoms with Crippen LogP contribution in [0.2, 0.25) is 0 Å². The lowest BCUT2D eigenvalue weighted by Gasteiger charge is -2.12. The standard InChI is InChI=1S/C22H20N2O4S/c1-14-23-18-5-3-2-4-17(18)22(27)24(14)10-11-28-16-8-6-15(7-9-16)12-20-19(25)13-21(26)29-20/h2-9,20H,10-13H2,1H3. The zero-order valence-electron chi connectivity index (χ0n) is 16.0. The highest BCUT2D eigenvalue weighted by atomic mass is 32.2. The number of benzene rings is 2. The van der Waals surface area contributed by atoms with Crippen molar-refractivity contribution in [3.05, 3.63) is 70.3 Å². The lowest BCUT2D eigenvalue weighted by atomic mass is 10.1. The smallest absolute Gasteiger partial charge is 0.261 e. The largest absolute Gasteiger partial charge is 0.492 e. The van der Waals surface area contributed by atoms with E-state index in [1.54, 1.807) is 10.6 Å². The lowest BCUT2D eigenvalue weighted by molar-refractivity contribution is -0.121. The van der Waals surface area contributed by atoms with Crippen LogP contribution in [0.4, 0.5) is 0 Å². The topological polar surface area (TPSA) is 78.3 Å². The zero-order valence-corrected chi connectivity index (χ0v) is 16.8. The molecule has 2 aromatic carbocycles. The normalized spacial score (nSPS) is 16.5. The summed E-state index contributed by atoms with van der Waals surface area (Å²) < 4.78 is 7.40. The minimum atomic E-state index is -0.274. The van der Waals surface area contributed by atoms with Crippen molar-refractivity contribution in [3.8, 4) is 5.75 Å². The number of fused-ring (bicyclic) bond motifs is 1. The number of carbonyl (C=O) groups excluding carboxylic acids is 2. The first-order chi connectivity index (χ1) is 14.0. The molecule has 7 heteroatoms. The molecule has 1 unspecified atom stereocenters. The molecule has 4 rings (SSSR count). The Hall–Kier alpha value is -2.93. The van der Waals surface area contributed by atoms with Gasteiger partial charge >= 0.3 is 0 Å². The number of aryl methyl sites for hydroxylation is 1. The van der Waals surface area contributed by atoms with E-state index in [4.69, 9.17) is 4.74 Å². The molecule has 0 radical (unpaired) electrons. The summed E-state index contributed by atoms with van der Waals surface area (Å²) >= 11 is 1.13. The maximum absolute atomic E-state index is 12.7. The van der Waals surface area contributed by atoms with Crippen LogP contribution in [0.25, 0.3) is 10.9 Å².